The highest BCUT2D eigenvalue weighted by Gasteiger charge is 2.52. The normalized spacial score (nSPS) is 30.3. The van der Waals surface area contributed by atoms with Gasteiger partial charge >= 0.3 is 11.9 Å². The molecular weight excluding hydrogens is 436 g/mol. The Labute approximate surface area is 179 Å². The largest absolute Gasteiger partial charge is 0.496 e. The average molecular weight is 463 g/mol. The second-order valence-corrected chi connectivity index (χ2v) is 9.86. The summed E-state index contributed by atoms with van der Waals surface area (Å²) < 4.78 is 11.3. The molecule has 0 aliphatic heterocycles. The minimum Gasteiger partial charge on any atom is -0.496 e. The number of aliphatic carboxylic acids is 1. The Morgan fingerprint density at radius 1 is 1.14 bits per heavy atom. The van der Waals surface area contributed by atoms with E-state index in [-0.39, 0.29) is 17.4 Å². The third-order valence-corrected chi connectivity index (χ3v) is 7.73. The van der Waals surface area contributed by atoms with E-state index in [1.807, 2.05) is 6.07 Å². The topological polar surface area (TPSA) is 72.8 Å². The van der Waals surface area contributed by atoms with E-state index in [1.165, 1.54) is 51.2 Å². The van der Waals surface area contributed by atoms with Crippen LogP contribution in [0.2, 0.25) is 0 Å². The maximum Gasteiger partial charge on any atom is 0.334 e. The molecule has 0 amide bonds. The third-order valence-electron chi connectivity index (χ3n) is 7.05. The number of carbonyl (C=O) groups excluding carboxylic acids is 1. The van der Waals surface area contributed by atoms with Crippen molar-refractivity contribution < 1.29 is 24.2 Å². The van der Waals surface area contributed by atoms with E-state index in [9.17, 15) is 14.7 Å². The smallest absolute Gasteiger partial charge is 0.334 e. The molecule has 1 aromatic rings. The van der Waals surface area contributed by atoms with E-state index < -0.39 is 11.9 Å². The van der Waals surface area contributed by atoms with E-state index in [0.29, 0.717) is 0 Å². The molecule has 6 heteroatoms. The molecule has 4 saturated carbocycles. The number of halogens is 1. The van der Waals surface area contributed by atoms with Gasteiger partial charge in [0.15, 0.2) is 0 Å². The minimum atomic E-state index is -1.06. The molecule has 0 aromatic heterocycles. The van der Waals surface area contributed by atoms with E-state index in [0.717, 1.165) is 33.5 Å². The number of benzene rings is 1. The second-order valence-electron chi connectivity index (χ2n) is 9.00. The molecule has 5 rings (SSSR count). The number of carboxylic acids is 1. The Bertz CT molecular complexity index is 837. The maximum atomic E-state index is 12.1. The lowest BCUT2D eigenvalue weighted by atomic mass is 9.48. The maximum absolute atomic E-state index is 12.1. The van der Waals surface area contributed by atoms with Crippen LogP contribution in [0, 0.1) is 17.8 Å². The van der Waals surface area contributed by atoms with Crippen molar-refractivity contribution in [3.63, 3.8) is 0 Å². The van der Waals surface area contributed by atoms with Gasteiger partial charge in [0, 0.05) is 15.6 Å². The van der Waals surface area contributed by atoms with E-state index in [4.69, 9.17) is 9.47 Å². The van der Waals surface area contributed by atoms with Gasteiger partial charge in [0.2, 0.25) is 0 Å². The molecule has 4 aliphatic rings. The molecule has 0 heterocycles. The monoisotopic (exact) mass is 462 g/mol. The third kappa shape index (κ3) is 3.83. The van der Waals surface area contributed by atoms with Crippen LogP contribution in [0.15, 0.2) is 22.2 Å². The summed E-state index contributed by atoms with van der Waals surface area (Å²) in [5.41, 5.74) is 2.25. The van der Waals surface area contributed by atoms with Crippen LogP contribution in [-0.2, 0) is 19.7 Å². The Morgan fingerprint density at radius 3 is 2.21 bits per heavy atom. The Morgan fingerprint density at radius 2 is 1.72 bits per heavy atom. The van der Waals surface area contributed by atoms with Crippen LogP contribution in [0.25, 0.3) is 6.08 Å². The molecular formula is C23H27BrO5. The molecule has 4 aliphatic carbocycles. The Hall–Kier alpha value is -1.82. The van der Waals surface area contributed by atoms with Crippen molar-refractivity contribution in [2.75, 3.05) is 14.2 Å². The van der Waals surface area contributed by atoms with Gasteiger partial charge in [-0.2, -0.15) is 0 Å². The molecule has 156 valence electrons. The fourth-order valence-corrected chi connectivity index (χ4v) is 6.81. The molecule has 0 unspecified atom stereocenters. The fourth-order valence-electron chi connectivity index (χ4n) is 6.37. The molecule has 4 fully saturated rings. The van der Waals surface area contributed by atoms with Gasteiger partial charge in [-0.15, -0.1) is 0 Å². The van der Waals surface area contributed by atoms with Crippen LogP contribution in [0.1, 0.15) is 56.1 Å². The molecule has 1 aromatic carbocycles. The van der Waals surface area contributed by atoms with Crippen LogP contribution in [-0.4, -0.2) is 31.3 Å². The molecule has 1 N–H and O–H groups in total. The number of rotatable bonds is 6. The quantitative estimate of drug-likeness (QED) is 0.477. The summed E-state index contributed by atoms with van der Waals surface area (Å²) in [6.07, 6.45) is 8.91. The van der Waals surface area contributed by atoms with Gasteiger partial charge in [-0.3, -0.25) is 4.79 Å². The highest BCUT2D eigenvalue weighted by atomic mass is 79.9. The molecule has 0 spiro atoms. The van der Waals surface area contributed by atoms with E-state index in [2.05, 4.69) is 22.0 Å². The summed E-state index contributed by atoms with van der Waals surface area (Å²) in [5, 5.41) is 9.19. The highest BCUT2D eigenvalue weighted by molar-refractivity contribution is 9.10. The van der Waals surface area contributed by atoms with Crippen LogP contribution in [0.5, 0.6) is 5.75 Å². The van der Waals surface area contributed by atoms with E-state index >= 15 is 0 Å². The summed E-state index contributed by atoms with van der Waals surface area (Å²) in [4.78, 5) is 23.3. The molecule has 0 atom stereocenters. The van der Waals surface area contributed by atoms with Gasteiger partial charge in [-0.05, 0) is 85.5 Å². The minimum absolute atomic E-state index is 0.127. The van der Waals surface area contributed by atoms with Crippen molar-refractivity contribution in [3.8, 4) is 5.75 Å². The lowest BCUT2D eigenvalue weighted by molar-refractivity contribution is -0.141. The summed E-state index contributed by atoms with van der Waals surface area (Å²) >= 11 is 3.57. The SMILES string of the molecule is COC(=O)/C(=C/c1cc(C23CC4CC(CC(C4)C2)C3)c(OC)cc1Br)CC(=O)O. The number of ether oxygens (including phenoxy) is 2. The van der Waals surface area contributed by atoms with Crippen molar-refractivity contribution >= 4 is 33.9 Å². The van der Waals surface area contributed by atoms with Gasteiger partial charge in [0.25, 0.3) is 0 Å². The zero-order valence-corrected chi connectivity index (χ0v) is 18.5. The molecule has 4 bridgehead atoms. The second kappa shape index (κ2) is 7.78. The Balaban J connectivity index is 1.79. The lowest BCUT2D eigenvalue weighted by Crippen LogP contribution is -2.48. The molecule has 29 heavy (non-hydrogen) atoms. The lowest BCUT2D eigenvalue weighted by Gasteiger charge is -2.57. The fraction of sp³-hybridized carbons (Fsp3) is 0.565. The first kappa shape index (κ1) is 20.5. The number of methoxy groups -OCH3 is 2. The highest BCUT2D eigenvalue weighted by Crippen LogP contribution is 2.62. The zero-order valence-electron chi connectivity index (χ0n) is 16.9. The Kier molecular flexibility index (Phi) is 5.49. The van der Waals surface area contributed by atoms with Gasteiger partial charge < -0.3 is 14.6 Å². The summed E-state index contributed by atoms with van der Waals surface area (Å²) in [6.45, 7) is 0. The van der Waals surface area contributed by atoms with Crippen LogP contribution < -0.4 is 4.74 Å². The summed E-state index contributed by atoms with van der Waals surface area (Å²) in [6, 6.07) is 4.05. The zero-order chi connectivity index (χ0) is 20.8. The number of hydrogen-bond donors (Lipinski definition) is 1. The molecule has 0 radical (unpaired) electrons. The average Bonchev–Trinajstić information content (AvgIpc) is 2.66. The first-order valence-corrected chi connectivity index (χ1v) is 11.0. The van der Waals surface area contributed by atoms with Gasteiger partial charge in [-0.25, -0.2) is 4.79 Å². The number of carboxylic acid groups (broad SMARTS) is 1. The van der Waals surface area contributed by atoms with Crippen molar-refractivity contribution in [2.24, 2.45) is 17.8 Å². The van der Waals surface area contributed by atoms with Crippen LogP contribution >= 0.6 is 15.9 Å². The number of esters is 1. The van der Waals surface area contributed by atoms with E-state index in [1.54, 1.807) is 13.2 Å². The van der Waals surface area contributed by atoms with Crippen molar-refractivity contribution in [3.05, 3.63) is 33.3 Å². The van der Waals surface area contributed by atoms with Crippen molar-refractivity contribution in [1.29, 1.82) is 0 Å². The predicted octanol–water partition coefficient (Wildman–Crippen LogP) is 4.96. The summed E-state index contributed by atoms with van der Waals surface area (Å²) in [7, 11) is 2.97. The van der Waals surface area contributed by atoms with Crippen LogP contribution in [0.3, 0.4) is 0 Å². The molecule has 5 nitrogen and oxygen atoms in total. The van der Waals surface area contributed by atoms with Crippen LogP contribution in [0.4, 0.5) is 0 Å². The summed E-state index contributed by atoms with van der Waals surface area (Å²) in [5.74, 6) is 1.58. The standard InChI is InChI=1S/C23H27BrO5/c1-28-20-9-19(24)16(6-17(8-21(25)26)22(27)29-2)7-18(20)23-10-13-3-14(11-23)5-15(4-13)12-23/h6-7,9,13-15H,3-5,8,10-12H2,1-2H3,(H,25,26)/b17-6+. The van der Waals surface area contributed by atoms with Gasteiger partial charge in [0.05, 0.1) is 20.6 Å². The van der Waals surface area contributed by atoms with Crippen molar-refractivity contribution in [1.82, 2.24) is 0 Å². The van der Waals surface area contributed by atoms with Gasteiger partial charge in [-0.1, -0.05) is 15.9 Å². The number of carbonyl (C=O) groups is 2. The first-order chi connectivity index (χ1) is 13.8. The van der Waals surface area contributed by atoms with Gasteiger partial charge in [0.1, 0.15) is 5.75 Å². The number of hydrogen-bond acceptors (Lipinski definition) is 4. The van der Waals surface area contributed by atoms with Crippen molar-refractivity contribution in [2.45, 2.75) is 50.4 Å². The predicted molar refractivity (Wildman–Crippen MR) is 113 cm³/mol. The molecule has 0 saturated heterocycles. The first-order valence-electron chi connectivity index (χ1n) is 10.2.